The Kier molecular flexibility index (Phi) is 3.72. The van der Waals surface area contributed by atoms with Gasteiger partial charge in [-0.05, 0) is 18.9 Å². The van der Waals surface area contributed by atoms with Crippen LogP contribution in [-0.4, -0.2) is 9.97 Å². The van der Waals surface area contributed by atoms with Crippen LogP contribution >= 0.6 is 11.6 Å². The lowest BCUT2D eigenvalue weighted by Gasteiger charge is -2.23. The van der Waals surface area contributed by atoms with Crippen LogP contribution < -0.4 is 0 Å². The van der Waals surface area contributed by atoms with Crippen LogP contribution in [0.2, 0.25) is 5.15 Å². The molecule has 1 aliphatic rings. The smallest absolute Gasteiger partial charge is 0.133 e. The summed E-state index contributed by atoms with van der Waals surface area (Å²) in [6, 6.07) is 1.90. The second kappa shape index (κ2) is 4.93. The molecule has 2 nitrogen and oxygen atoms in total. The molecule has 3 heteroatoms. The first-order valence-corrected chi connectivity index (χ1v) is 6.89. The lowest BCUT2D eigenvalue weighted by atomic mass is 9.87. The van der Waals surface area contributed by atoms with Crippen molar-refractivity contribution in [3.05, 3.63) is 22.7 Å². The summed E-state index contributed by atoms with van der Waals surface area (Å²) in [7, 11) is 0. The molecular formula is C14H21ClN2. The molecule has 0 bridgehead atoms. The van der Waals surface area contributed by atoms with Crippen LogP contribution in [0.25, 0.3) is 0 Å². The van der Waals surface area contributed by atoms with Gasteiger partial charge in [0.05, 0.1) is 5.69 Å². The zero-order valence-corrected chi connectivity index (χ0v) is 11.7. The van der Waals surface area contributed by atoms with Gasteiger partial charge in [0.15, 0.2) is 0 Å². The highest BCUT2D eigenvalue weighted by molar-refractivity contribution is 6.29. The van der Waals surface area contributed by atoms with Gasteiger partial charge in [0.2, 0.25) is 0 Å². The molecule has 0 unspecified atom stereocenters. The third-order valence-electron chi connectivity index (χ3n) is 3.45. The molecule has 0 aliphatic heterocycles. The molecule has 0 radical (unpaired) electrons. The van der Waals surface area contributed by atoms with E-state index in [4.69, 9.17) is 16.6 Å². The van der Waals surface area contributed by atoms with Crippen molar-refractivity contribution in [2.75, 3.05) is 0 Å². The molecule has 0 N–H and O–H groups in total. The number of hydrogen-bond donors (Lipinski definition) is 0. The van der Waals surface area contributed by atoms with Crippen LogP contribution in [0.5, 0.6) is 0 Å². The van der Waals surface area contributed by atoms with Gasteiger partial charge in [0.25, 0.3) is 0 Å². The van der Waals surface area contributed by atoms with E-state index in [2.05, 4.69) is 25.8 Å². The Labute approximate surface area is 109 Å². The van der Waals surface area contributed by atoms with E-state index >= 15 is 0 Å². The summed E-state index contributed by atoms with van der Waals surface area (Å²) in [5, 5.41) is 0.588. The molecule has 1 aromatic heterocycles. The molecule has 0 spiro atoms. The van der Waals surface area contributed by atoms with E-state index < -0.39 is 0 Å². The molecule has 0 amide bonds. The molecular weight excluding hydrogens is 232 g/mol. The second-order valence-electron chi connectivity index (χ2n) is 6.02. The fraction of sp³-hybridized carbons (Fsp3) is 0.714. The lowest BCUT2D eigenvalue weighted by molar-refractivity contribution is 0.424. The van der Waals surface area contributed by atoms with Gasteiger partial charge in [-0.2, -0.15) is 0 Å². The monoisotopic (exact) mass is 252 g/mol. The first-order valence-electron chi connectivity index (χ1n) is 6.52. The van der Waals surface area contributed by atoms with Crippen molar-refractivity contribution < 1.29 is 0 Å². The zero-order valence-electron chi connectivity index (χ0n) is 11.0. The first kappa shape index (κ1) is 12.8. The van der Waals surface area contributed by atoms with Crippen molar-refractivity contribution in [1.29, 1.82) is 0 Å². The van der Waals surface area contributed by atoms with Crippen LogP contribution in [0, 0.1) is 0 Å². The summed E-state index contributed by atoms with van der Waals surface area (Å²) >= 11 is 6.12. The van der Waals surface area contributed by atoms with Gasteiger partial charge in [-0.3, -0.25) is 0 Å². The summed E-state index contributed by atoms with van der Waals surface area (Å²) in [5.41, 5.74) is 1.09. The van der Waals surface area contributed by atoms with Crippen molar-refractivity contribution in [1.82, 2.24) is 9.97 Å². The normalized spacial score (nSPS) is 18.4. The fourth-order valence-corrected chi connectivity index (χ4v) is 2.55. The van der Waals surface area contributed by atoms with E-state index in [0.29, 0.717) is 11.1 Å². The molecule has 94 valence electrons. The molecule has 1 aromatic rings. The second-order valence-corrected chi connectivity index (χ2v) is 6.41. The summed E-state index contributed by atoms with van der Waals surface area (Å²) in [6.45, 7) is 6.49. The van der Waals surface area contributed by atoms with E-state index in [1.807, 2.05) is 6.07 Å². The third-order valence-corrected chi connectivity index (χ3v) is 3.64. The van der Waals surface area contributed by atoms with E-state index in [1.165, 1.54) is 32.1 Å². The van der Waals surface area contributed by atoms with Crippen molar-refractivity contribution in [3.63, 3.8) is 0 Å². The van der Waals surface area contributed by atoms with Crippen molar-refractivity contribution >= 4 is 11.6 Å². The Bertz CT molecular complexity index is 390. The number of aromatic nitrogens is 2. The highest BCUT2D eigenvalue weighted by Gasteiger charge is 2.22. The molecule has 1 aliphatic carbocycles. The van der Waals surface area contributed by atoms with Gasteiger partial charge >= 0.3 is 0 Å². The standard InChI is InChI=1S/C14H21ClN2/c1-14(2,3)11-9-12(15)17-13(16-11)10-7-5-4-6-8-10/h9-10H,4-8H2,1-3H3. The Balaban J connectivity index is 2.31. The zero-order chi connectivity index (χ0) is 12.5. The maximum Gasteiger partial charge on any atom is 0.133 e. The fourth-order valence-electron chi connectivity index (χ4n) is 2.36. The topological polar surface area (TPSA) is 25.8 Å². The van der Waals surface area contributed by atoms with Crippen LogP contribution in [0.15, 0.2) is 6.07 Å². The first-order chi connectivity index (χ1) is 7.97. The Hall–Kier alpha value is -0.630. The highest BCUT2D eigenvalue weighted by atomic mass is 35.5. The molecule has 0 saturated heterocycles. The van der Waals surface area contributed by atoms with E-state index in [1.54, 1.807) is 0 Å². The molecule has 1 fully saturated rings. The average Bonchev–Trinajstić information content (AvgIpc) is 2.28. The SMILES string of the molecule is CC(C)(C)c1cc(Cl)nc(C2CCCCC2)n1. The van der Waals surface area contributed by atoms with E-state index in [9.17, 15) is 0 Å². The molecule has 1 heterocycles. The van der Waals surface area contributed by atoms with Crippen LogP contribution in [0.1, 0.15) is 70.3 Å². The number of hydrogen-bond acceptors (Lipinski definition) is 2. The Morgan fingerprint density at radius 3 is 2.35 bits per heavy atom. The maximum atomic E-state index is 6.12. The lowest BCUT2D eigenvalue weighted by Crippen LogP contribution is -2.17. The highest BCUT2D eigenvalue weighted by Crippen LogP contribution is 2.32. The quantitative estimate of drug-likeness (QED) is 0.689. The predicted octanol–water partition coefficient (Wildman–Crippen LogP) is 4.48. The van der Waals surface area contributed by atoms with Gasteiger partial charge < -0.3 is 0 Å². The Morgan fingerprint density at radius 2 is 1.76 bits per heavy atom. The molecule has 0 aromatic carbocycles. The van der Waals surface area contributed by atoms with E-state index in [-0.39, 0.29) is 5.41 Å². The molecule has 17 heavy (non-hydrogen) atoms. The van der Waals surface area contributed by atoms with Crippen molar-refractivity contribution in [3.8, 4) is 0 Å². The third kappa shape index (κ3) is 3.19. The van der Waals surface area contributed by atoms with Crippen LogP contribution in [0.3, 0.4) is 0 Å². The summed E-state index contributed by atoms with van der Waals surface area (Å²) in [4.78, 5) is 9.16. The van der Waals surface area contributed by atoms with Gasteiger partial charge in [-0.15, -0.1) is 0 Å². The minimum absolute atomic E-state index is 0.0377. The molecule has 0 atom stereocenters. The van der Waals surface area contributed by atoms with Crippen LogP contribution in [-0.2, 0) is 5.41 Å². The predicted molar refractivity (Wildman–Crippen MR) is 71.6 cm³/mol. The van der Waals surface area contributed by atoms with Gasteiger partial charge in [-0.1, -0.05) is 51.6 Å². The average molecular weight is 253 g/mol. The van der Waals surface area contributed by atoms with Gasteiger partial charge in [0, 0.05) is 11.3 Å². The maximum absolute atomic E-state index is 6.12. The molecule has 2 rings (SSSR count). The van der Waals surface area contributed by atoms with E-state index in [0.717, 1.165) is 11.5 Å². The van der Waals surface area contributed by atoms with Crippen molar-refractivity contribution in [2.45, 2.75) is 64.2 Å². The Morgan fingerprint density at radius 1 is 1.12 bits per heavy atom. The van der Waals surface area contributed by atoms with Crippen molar-refractivity contribution in [2.24, 2.45) is 0 Å². The molecule has 1 saturated carbocycles. The summed E-state index contributed by atoms with van der Waals surface area (Å²) in [5.74, 6) is 1.48. The summed E-state index contributed by atoms with van der Waals surface area (Å²) < 4.78 is 0. The number of rotatable bonds is 1. The number of nitrogens with zero attached hydrogens (tertiary/aromatic N) is 2. The number of halogens is 1. The summed E-state index contributed by atoms with van der Waals surface area (Å²) in [6.07, 6.45) is 6.37. The van der Waals surface area contributed by atoms with Gasteiger partial charge in [-0.25, -0.2) is 9.97 Å². The van der Waals surface area contributed by atoms with Gasteiger partial charge in [0.1, 0.15) is 11.0 Å². The minimum Gasteiger partial charge on any atom is -0.237 e. The van der Waals surface area contributed by atoms with Crippen LogP contribution in [0.4, 0.5) is 0 Å². The minimum atomic E-state index is 0.0377. The largest absolute Gasteiger partial charge is 0.237 e.